The van der Waals surface area contributed by atoms with Crippen LogP contribution in [0.15, 0.2) is 35.0 Å². The third-order valence-corrected chi connectivity index (χ3v) is 5.93. The fourth-order valence-electron chi connectivity index (χ4n) is 3.11. The Bertz CT molecular complexity index is 1110. The number of Topliss-reactive ketones (excluding diaryl/α,β-unsaturated/α-hetero) is 1. The van der Waals surface area contributed by atoms with E-state index in [0.29, 0.717) is 6.07 Å². The van der Waals surface area contributed by atoms with Crippen molar-refractivity contribution in [3.63, 3.8) is 0 Å². The number of fused-ring (bicyclic) bond motifs is 1. The number of carbonyl (C=O) groups excluding carboxylic acids is 2. The van der Waals surface area contributed by atoms with Gasteiger partial charge < -0.3 is 19.9 Å². The maximum atomic E-state index is 13.5. The zero-order valence-corrected chi connectivity index (χ0v) is 19.1. The first kappa shape index (κ1) is 26.2. The summed E-state index contributed by atoms with van der Waals surface area (Å²) < 4.78 is 57.4. The lowest BCUT2D eigenvalue weighted by Gasteiger charge is -2.40. The fourth-order valence-corrected chi connectivity index (χ4v) is 4.20. The molecule has 0 aromatic heterocycles. The summed E-state index contributed by atoms with van der Waals surface area (Å²) in [5.41, 5.74) is -3.73. The summed E-state index contributed by atoms with van der Waals surface area (Å²) in [6.45, 7) is 1.08. The van der Waals surface area contributed by atoms with Crippen LogP contribution in [0.2, 0.25) is 5.02 Å². The number of esters is 1. The molecule has 0 amide bonds. The van der Waals surface area contributed by atoms with Crippen molar-refractivity contribution in [2.24, 2.45) is 0 Å². The molecule has 1 aromatic rings. The molecular formula is C20H18ClF3N4O4S. The zero-order chi connectivity index (χ0) is 25.1. The Labute approximate surface area is 195 Å². The summed E-state index contributed by atoms with van der Waals surface area (Å²) in [4.78, 5) is 23.3. The van der Waals surface area contributed by atoms with Crippen LogP contribution in [0.1, 0.15) is 24.5 Å². The first-order chi connectivity index (χ1) is 15.3. The topological polar surface area (TPSA) is 138 Å². The smallest absolute Gasteiger partial charge is 0.416 e. The van der Waals surface area contributed by atoms with E-state index in [-0.39, 0.29) is 27.0 Å². The summed E-state index contributed by atoms with van der Waals surface area (Å²) in [6.07, 6.45) is -2.06. The third kappa shape index (κ3) is 5.50. The van der Waals surface area contributed by atoms with Crippen molar-refractivity contribution in [1.29, 1.82) is 10.7 Å². The number of benzene rings is 1. The predicted molar refractivity (Wildman–Crippen MR) is 116 cm³/mol. The number of nitrogens with zero attached hydrogens (tertiary/aromatic N) is 1. The van der Waals surface area contributed by atoms with Crippen molar-refractivity contribution in [2.75, 3.05) is 18.7 Å². The van der Waals surface area contributed by atoms with Gasteiger partial charge >= 0.3 is 12.1 Å². The third-order valence-electron chi connectivity index (χ3n) is 4.65. The number of allylic oxidation sites excluding steroid dienone is 1. The molecule has 176 valence electrons. The average molecular weight is 503 g/mol. The van der Waals surface area contributed by atoms with Gasteiger partial charge in [-0.1, -0.05) is 11.6 Å². The molecule has 2 unspecified atom stereocenters. The molecule has 33 heavy (non-hydrogen) atoms. The number of rotatable bonds is 6. The molecule has 8 nitrogen and oxygen atoms in total. The molecule has 1 heterocycles. The van der Waals surface area contributed by atoms with Crippen LogP contribution in [0.4, 0.5) is 18.9 Å². The van der Waals surface area contributed by atoms with Gasteiger partial charge in [0.25, 0.3) is 0 Å². The minimum Gasteiger partial charge on any atom is -0.611 e. The number of alkyl halides is 3. The number of methoxy groups -OCH3 is 1. The van der Waals surface area contributed by atoms with Crippen molar-refractivity contribution < 1.29 is 32.0 Å². The molecule has 3 N–H and O–H groups in total. The number of hydrogen-bond acceptors (Lipinski definition) is 8. The second kappa shape index (κ2) is 9.86. The Kier molecular flexibility index (Phi) is 7.84. The molecule has 2 atom stereocenters. The zero-order valence-electron chi connectivity index (χ0n) is 17.5. The number of ether oxygens (including phenoxy) is 1. The molecule has 0 saturated carbocycles. The number of ketones is 1. The van der Waals surface area contributed by atoms with Crippen molar-refractivity contribution in [2.45, 2.75) is 25.1 Å². The Morgan fingerprint density at radius 1 is 1.42 bits per heavy atom. The highest BCUT2D eigenvalue weighted by molar-refractivity contribution is 7.95. The highest BCUT2D eigenvalue weighted by Gasteiger charge is 2.43. The van der Waals surface area contributed by atoms with E-state index in [0.717, 1.165) is 32.3 Å². The molecule has 0 aliphatic carbocycles. The lowest BCUT2D eigenvalue weighted by molar-refractivity contribution is -0.138. The highest BCUT2D eigenvalue weighted by Crippen LogP contribution is 2.45. The summed E-state index contributed by atoms with van der Waals surface area (Å²) in [7, 11) is 1.09. The molecule has 1 aromatic carbocycles. The average Bonchev–Trinajstić information content (AvgIpc) is 2.71. The van der Waals surface area contributed by atoms with E-state index in [1.807, 2.05) is 6.07 Å². The van der Waals surface area contributed by atoms with Crippen LogP contribution in [0.3, 0.4) is 0 Å². The van der Waals surface area contributed by atoms with Crippen LogP contribution in [0.25, 0.3) is 0 Å². The number of halogens is 4. The maximum Gasteiger partial charge on any atom is 0.416 e. The van der Waals surface area contributed by atoms with Crippen LogP contribution in [0, 0.1) is 16.7 Å². The van der Waals surface area contributed by atoms with Gasteiger partial charge in [-0.05, 0) is 29.4 Å². The minimum absolute atomic E-state index is 0.0810. The van der Waals surface area contributed by atoms with Gasteiger partial charge in [-0.15, -0.1) is 0 Å². The second-order valence-corrected chi connectivity index (χ2v) is 8.60. The van der Waals surface area contributed by atoms with E-state index in [4.69, 9.17) is 17.0 Å². The molecular weight excluding hydrogens is 485 g/mol. The maximum absolute atomic E-state index is 13.5. The van der Waals surface area contributed by atoms with Gasteiger partial charge in [-0.3, -0.25) is 10.2 Å². The molecule has 0 saturated heterocycles. The molecule has 0 bridgehead atoms. The first-order valence-corrected chi connectivity index (χ1v) is 11.0. The van der Waals surface area contributed by atoms with E-state index >= 15 is 0 Å². The van der Waals surface area contributed by atoms with Crippen LogP contribution in [-0.4, -0.2) is 35.4 Å². The largest absolute Gasteiger partial charge is 0.611 e. The van der Waals surface area contributed by atoms with Crippen molar-refractivity contribution in [3.8, 4) is 6.07 Å². The van der Waals surface area contributed by atoms with Gasteiger partial charge in [-0.2, -0.15) is 18.4 Å². The molecule has 0 radical (unpaired) electrons. The van der Waals surface area contributed by atoms with Crippen LogP contribution >= 0.6 is 11.6 Å². The van der Waals surface area contributed by atoms with E-state index < -0.39 is 52.3 Å². The molecule has 0 fully saturated rings. The fraction of sp³-hybridized carbons (Fsp3) is 0.300. The lowest BCUT2D eigenvalue weighted by atomic mass is 9.82. The Hall–Kier alpha value is -3.01. The van der Waals surface area contributed by atoms with E-state index in [9.17, 15) is 32.6 Å². The molecule has 1 aliphatic rings. The quantitative estimate of drug-likeness (QED) is 0.234. The van der Waals surface area contributed by atoms with E-state index in [2.05, 4.69) is 15.4 Å². The normalized spacial score (nSPS) is 20.1. The summed E-state index contributed by atoms with van der Waals surface area (Å²) in [5, 5.41) is 22.6. The van der Waals surface area contributed by atoms with Crippen LogP contribution in [-0.2, 0) is 37.2 Å². The Morgan fingerprint density at radius 2 is 2.06 bits per heavy atom. The van der Waals surface area contributed by atoms with Crippen LogP contribution < -0.4 is 10.6 Å². The predicted octanol–water partition coefficient (Wildman–Crippen LogP) is 3.37. The number of anilines is 1. The minimum atomic E-state index is -4.77. The van der Waals surface area contributed by atoms with Gasteiger partial charge in [0.15, 0.2) is 17.3 Å². The molecule has 2 rings (SSSR count). The first-order valence-electron chi connectivity index (χ1n) is 9.05. The summed E-state index contributed by atoms with van der Waals surface area (Å²) >= 11 is 4.24. The van der Waals surface area contributed by atoms with E-state index in [1.165, 1.54) is 6.26 Å². The second-order valence-electron chi connectivity index (χ2n) is 6.88. The standard InChI is InChI=1S/C20H18ClF3N4O4S/c1-10(29)15(26)17(33(3)31)18-27-16-12(8-11(9-13(16)21)20(22,23)24)19(28-18,6-7-25)5-4-14(30)32-2/h4-5,8-9,26-28H,6H2,1-3H3/b5-4+,18-17-,26-15?. The van der Waals surface area contributed by atoms with Gasteiger partial charge in [0, 0.05) is 18.6 Å². The summed E-state index contributed by atoms with van der Waals surface area (Å²) in [6, 6.07) is 3.27. The van der Waals surface area contributed by atoms with E-state index in [1.54, 1.807) is 0 Å². The van der Waals surface area contributed by atoms with Gasteiger partial charge in [0.2, 0.25) is 4.91 Å². The molecule has 1 aliphatic heterocycles. The number of hydrogen-bond donors (Lipinski definition) is 3. The molecule has 13 heteroatoms. The Balaban J connectivity index is 2.95. The Morgan fingerprint density at radius 3 is 2.55 bits per heavy atom. The monoisotopic (exact) mass is 502 g/mol. The van der Waals surface area contributed by atoms with Crippen molar-refractivity contribution in [3.05, 3.63) is 51.2 Å². The van der Waals surface area contributed by atoms with Crippen molar-refractivity contribution >= 4 is 45.9 Å². The van der Waals surface area contributed by atoms with Crippen molar-refractivity contribution in [1.82, 2.24) is 5.32 Å². The lowest BCUT2D eigenvalue weighted by Crippen LogP contribution is -2.48. The SMILES string of the molecule is COC(=O)/C=C/C1(CC#N)N/C(=C(/C(=N)C(C)=O)[S+](C)[O-])Nc2c(Cl)cc(C(F)(F)F)cc21. The van der Waals surface area contributed by atoms with Crippen LogP contribution in [0.5, 0.6) is 0 Å². The summed E-state index contributed by atoms with van der Waals surface area (Å²) in [5.74, 6) is -1.76. The van der Waals surface area contributed by atoms with Gasteiger partial charge in [0.05, 0.1) is 41.4 Å². The highest BCUT2D eigenvalue weighted by atomic mass is 35.5. The molecule has 0 spiro atoms. The number of nitrogens with one attached hydrogen (secondary N) is 3. The number of carbonyl (C=O) groups is 2. The van der Waals surface area contributed by atoms with Gasteiger partial charge in [0.1, 0.15) is 6.26 Å². The number of nitriles is 1. The van der Waals surface area contributed by atoms with Gasteiger partial charge in [-0.25, -0.2) is 4.79 Å².